The number of carbonyl (C=O) groups is 2. The van der Waals surface area contributed by atoms with Gasteiger partial charge in [0.1, 0.15) is 5.75 Å². The van der Waals surface area contributed by atoms with Gasteiger partial charge in [-0.1, -0.05) is 0 Å². The molecule has 7 heteroatoms. The first-order chi connectivity index (χ1) is 14.1. The Hall–Kier alpha value is -3.22. The Labute approximate surface area is 167 Å². The molecule has 0 radical (unpaired) electrons. The third kappa shape index (κ3) is 3.48. The van der Waals surface area contributed by atoms with Gasteiger partial charge in [0, 0.05) is 31.0 Å². The molecule has 2 aliphatic heterocycles. The highest BCUT2D eigenvalue weighted by Crippen LogP contribution is 2.47. The van der Waals surface area contributed by atoms with Crippen LogP contribution >= 0.6 is 0 Å². The summed E-state index contributed by atoms with van der Waals surface area (Å²) in [6, 6.07) is 10.4. The highest BCUT2D eigenvalue weighted by atomic mass is 16.7. The number of benzene rings is 2. The van der Waals surface area contributed by atoms with Crippen LogP contribution in [0.5, 0.6) is 17.2 Å². The number of hydrogen-bond donors (Lipinski definition) is 1. The number of amides is 1. The van der Waals surface area contributed by atoms with E-state index in [0.29, 0.717) is 29.4 Å². The number of ether oxygens (including phenoxy) is 4. The minimum Gasteiger partial charge on any atom is -0.493 e. The summed E-state index contributed by atoms with van der Waals surface area (Å²) in [4.78, 5) is 24.4. The zero-order chi connectivity index (χ0) is 19.8. The van der Waals surface area contributed by atoms with Crippen molar-refractivity contribution in [3.8, 4) is 17.2 Å². The summed E-state index contributed by atoms with van der Waals surface area (Å²) < 4.78 is 22.5. The van der Waals surface area contributed by atoms with Gasteiger partial charge in [0.05, 0.1) is 12.2 Å². The van der Waals surface area contributed by atoms with Gasteiger partial charge in [-0.25, -0.2) is 4.79 Å². The van der Waals surface area contributed by atoms with E-state index in [1.54, 1.807) is 36.4 Å². The minimum atomic E-state index is -0.540. The molecule has 2 aromatic rings. The molecule has 1 spiro atoms. The van der Waals surface area contributed by atoms with Crippen molar-refractivity contribution in [2.24, 2.45) is 0 Å². The Morgan fingerprint density at radius 1 is 1.00 bits per heavy atom. The normalized spacial score (nSPS) is 17.7. The van der Waals surface area contributed by atoms with Crippen molar-refractivity contribution in [1.29, 1.82) is 0 Å². The van der Waals surface area contributed by atoms with Gasteiger partial charge in [-0.05, 0) is 48.7 Å². The van der Waals surface area contributed by atoms with E-state index in [1.807, 2.05) is 0 Å². The molecular weight excluding hydrogens is 374 g/mol. The van der Waals surface area contributed by atoms with Crippen molar-refractivity contribution < 1.29 is 28.5 Å². The average Bonchev–Trinajstić information content (AvgIpc) is 3.45. The molecule has 7 nitrogen and oxygen atoms in total. The summed E-state index contributed by atoms with van der Waals surface area (Å²) >= 11 is 0. The van der Waals surface area contributed by atoms with Crippen LogP contribution < -0.4 is 19.5 Å². The quantitative estimate of drug-likeness (QED) is 0.799. The second-order valence-corrected chi connectivity index (χ2v) is 7.53. The molecule has 0 aromatic heterocycles. The van der Waals surface area contributed by atoms with Crippen LogP contribution in [-0.4, -0.2) is 30.9 Å². The number of hydrogen-bond acceptors (Lipinski definition) is 6. The van der Waals surface area contributed by atoms with Crippen molar-refractivity contribution in [2.45, 2.75) is 37.9 Å². The highest BCUT2D eigenvalue weighted by Gasteiger charge is 2.44. The Morgan fingerprint density at radius 3 is 2.66 bits per heavy atom. The maximum Gasteiger partial charge on any atom is 0.338 e. The number of carbonyl (C=O) groups excluding carboxylic acids is 2. The van der Waals surface area contributed by atoms with Gasteiger partial charge >= 0.3 is 5.97 Å². The summed E-state index contributed by atoms with van der Waals surface area (Å²) in [5, 5.41) is 2.73. The molecule has 0 saturated heterocycles. The van der Waals surface area contributed by atoms with Crippen LogP contribution in [0.2, 0.25) is 0 Å². The van der Waals surface area contributed by atoms with Crippen LogP contribution in [0, 0.1) is 0 Å². The van der Waals surface area contributed by atoms with E-state index in [2.05, 4.69) is 5.32 Å². The Bertz CT molecular complexity index is 979. The standard InChI is InChI=1S/C22H21NO6/c24-20(13-27-21(25)15-3-5-17-14(11-15)7-10-26-17)23-16-4-6-18-19(12-16)29-22(28-18)8-1-2-9-22/h3-6,11-12H,1-2,7-10,13H2,(H,23,24). The number of nitrogens with one attached hydrogen (secondary N) is 1. The van der Waals surface area contributed by atoms with Gasteiger partial charge in [0.25, 0.3) is 11.7 Å². The van der Waals surface area contributed by atoms with Gasteiger partial charge < -0.3 is 24.3 Å². The lowest BCUT2D eigenvalue weighted by Gasteiger charge is -2.21. The van der Waals surface area contributed by atoms with Gasteiger partial charge in [-0.3, -0.25) is 4.79 Å². The van der Waals surface area contributed by atoms with Crippen molar-refractivity contribution in [3.63, 3.8) is 0 Å². The Morgan fingerprint density at radius 2 is 1.79 bits per heavy atom. The highest BCUT2D eigenvalue weighted by molar-refractivity contribution is 5.95. The molecule has 1 aliphatic carbocycles. The SMILES string of the molecule is O=C(COC(=O)c1ccc2c(c1)CCO2)Nc1ccc2c(c1)OC1(CCCC1)O2. The van der Waals surface area contributed by atoms with Gasteiger partial charge in [-0.15, -0.1) is 0 Å². The van der Waals surface area contributed by atoms with Gasteiger partial charge in [0.2, 0.25) is 0 Å². The lowest BCUT2D eigenvalue weighted by atomic mass is 10.1. The van der Waals surface area contributed by atoms with Crippen LogP contribution in [0.15, 0.2) is 36.4 Å². The maximum atomic E-state index is 12.2. The first-order valence-electron chi connectivity index (χ1n) is 9.85. The second kappa shape index (κ2) is 6.99. The van der Waals surface area contributed by atoms with Crippen molar-refractivity contribution >= 4 is 17.6 Å². The Kier molecular flexibility index (Phi) is 4.30. The molecule has 1 saturated carbocycles. The number of esters is 1. The molecule has 0 atom stereocenters. The summed E-state index contributed by atoms with van der Waals surface area (Å²) in [7, 11) is 0. The van der Waals surface area contributed by atoms with E-state index in [4.69, 9.17) is 18.9 Å². The predicted octanol–water partition coefficient (Wildman–Crippen LogP) is 3.46. The van der Waals surface area contributed by atoms with Crippen LogP contribution in [0.3, 0.4) is 0 Å². The van der Waals surface area contributed by atoms with E-state index in [1.165, 1.54) is 0 Å². The molecule has 1 N–H and O–H groups in total. The number of anilines is 1. The van der Waals surface area contributed by atoms with Crippen molar-refractivity contribution in [2.75, 3.05) is 18.5 Å². The second-order valence-electron chi connectivity index (χ2n) is 7.53. The lowest BCUT2D eigenvalue weighted by molar-refractivity contribution is -0.119. The smallest absolute Gasteiger partial charge is 0.338 e. The zero-order valence-corrected chi connectivity index (χ0v) is 15.9. The monoisotopic (exact) mass is 395 g/mol. The molecule has 0 bridgehead atoms. The van der Waals surface area contributed by atoms with Crippen molar-refractivity contribution in [3.05, 3.63) is 47.5 Å². The number of fused-ring (bicyclic) bond motifs is 2. The zero-order valence-electron chi connectivity index (χ0n) is 15.9. The maximum absolute atomic E-state index is 12.2. The van der Waals surface area contributed by atoms with Crippen LogP contribution in [0.1, 0.15) is 41.6 Å². The number of rotatable bonds is 4. The topological polar surface area (TPSA) is 83.1 Å². The third-order valence-corrected chi connectivity index (χ3v) is 5.44. The van der Waals surface area contributed by atoms with Crippen LogP contribution in [-0.2, 0) is 16.0 Å². The van der Waals surface area contributed by atoms with Crippen molar-refractivity contribution in [1.82, 2.24) is 0 Å². The van der Waals surface area contributed by atoms with E-state index in [0.717, 1.165) is 43.4 Å². The molecule has 2 aromatic carbocycles. The molecule has 29 heavy (non-hydrogen) atoms. The van der Waals surface area contributed by atoms with E-state index >= 15 is 0 Å². The first kappa shape index (κ1) is 17.8. The summed E-state index contributed by atoms with van der Waals surface area (Å²) in [6.07, 6.45) is 4.67. The lowest BCUT2D eigenvalue weighted by Crippen LogP contribution is -2.34. The fraction of sp³-hybridized carbons (Fsp3) is 0.364. The molecule has 5 rings (SSSR count). The predicted molar refractivity (Wildman–Crippen MR) is 103 cm³/mol. The molecule has 0 unspecified atom stereocenters. The van der Waals surface area contributed by atoms with Crippen LogP contribution in [0.25, 0.3) is 0 Å². The largest absolute Gasteiger partial charge is 0.493 e. The summed E-state index contributed by atoms with van der Waals surface area (Å²) in [6.45, 7) is 0.248. The van der Waals surface area contributed by atoms with E-state index < -0.39 is 17.7 Å². The summed E-state index contributed by atoms with van der Waals surface area (Å²) in [5.74, 6) is 0.614. The van der Waals surface area contributed by atoms with Gasteiger partial charge in [0.15, 0.2) is 18.1 Å². The molecule has 1 fully saturated rings. The minimum absolute atomic E-state index is 0.370. The third-order valence-electron chi connectivity index (χ3n) is 5.44. The fourth-order valence-corrected chi connectivity index (χ4v) is 4.01. The van der Waals surface area contributed by atoms with Gasteiger partial charge in [-0.2, -0.15) is 0 Å². The summed E-state index contributed by atoms with van der Waals surface area (Å²) in [5.41, 5.74) is 1.95. The first-order valence-corrected chi connectivity index (χ1v) is 9.85. The average molecular weight is 395 g/mol. The van der Waals surface area contributed by atoms with E-state index in [9.17, 15) is 9.59 Å². The van der Waals surface area contributed by atoms with Crippen LogP contribution in [0.4, 0.5) is 5.69 Å². The molecule has 2 heterocycles. The molecule has 150 valence electrons. The molecule has 3 aliphatic rings. The fourth-order valence-electron chi connectivity index (χ4n) is 4.01. The molecule has 1 amide bonds. The Balaban J connectivity index is 1.17. The van der Waals surface area contributed by atoms with E-state index in [-0.39, 0.29) is 6.61 Å². The molecular formula is C22H21NO6.